The summed E-state index contributed by atoms with van der Waals surface area (Å²) in [6.07, 6.45) is 0.660. The number of ether oxygens (including phenoxy) is 1. The first-order valence-electron chi connectivity index (χ1n) is 10.7. The summed E-state index contributed by atoms with van der Waals surface area (Å²) >= 11 is 0. The van der Waals surface area contributed by atoms with Gasteiger partial charge in [0.25, 0.3) is 0 Å². The summed E-state index contributed by atoms with van der Waals surface area (Å²) in [7, 11) is 0. The van der Waals surface area contributed by atoms with Crippen molar-refractivity contribution in [1.29, 1.82) is 0 Å². The number of halogens is 2. The van der Waals surface area contributed by atoms with Gasteiger partial charge in [-0.05, 0) is 37.1 Å². The first-order valence-corrected chi connectivity index (χ1v) is 10.7. The summed E-state index contributed by atoms with van der Waals surface area (Å²) in [5, 5.41) is 5.23. The van der Waals surface area contributed by atoms with Crippen LogP contribution in [0.1, 0.15) is 19.8 Å². The molecule has 2 aromatic carbocycles. The van der Waals surface area contributed by atoms with Crippen LogP contribution in [0.25, 0.3) is 0 Å². The SMILES string of the molecule is CC(=O)NC[C@H]1CN(c2cc(F)c(Nc3ccc(N4CCCC4)c(=O)cc3)c(F)c2)C(=O)O1. The van der Waals surface area contributed by atoms with Gasteiger partial charge in [0.2, 0.25) is 11.3 Å². The molecule has 2 aliphatic heterocycles. The summed E-state index contributed by atoms with van der Waals surface area (Å²) < 4.78 is 34.8. The van der Waals surface area contributed by atoms with Crippen molar-refractivity contribution >= 4 is 34.7 Å². The Bertz CT molecular complexity index is 1110. The smallest absolute Gasteiger partial charge is 0.414 e. The van der Waals surface area contributed by atoms with E-state index in [-0.39, 0.29) is 30.1 Å². The Morgan fingerprint density at radius 1 is 1.09 bits per heavy atom. The number of nitrogens with zero attached hydrogens (tertiary/aromatic N) is 2. The Balaban J connectivity index is 1.52. The van der Waals surface area contributed by atoms with Crippen molar-refractivity contribution in [1.82, 2.24) is 5.32 Å². The van der Waals surface area contributed by atoms with Gasteiger partial charge >= 0.3 is 6.09 Å². The van der Waals surface area contributed by atoms with Crippen LogP contribution in [-0.4, -0.2) is 44.3 Å². The van der Waals surface area contributed by atoms with Crippen molar-refractivity contribution in [2.24, 2.45) is 0 Å². The van der Waals surface area contributed by atoms with E-state index in [1.807, 2.05) is 4.90 Å². The molecule has 2 aromatic rings. The number of benzene rings is 1. The third-order valence-electron chi connectivity index (χ3n) is 5.59. The summed E-state index contributed by atoms with van der Waals surface area (Å²) in [6, 6.07) is 8.16. The first-order chi connectivity index (χ1) is 15.8. The highest BCUT2D eigenvalue weighted by Crippen LogP contribution is 2.30. The van der Waals surface area contributed by atoms with Crippen LogP contribution in [0.15, 0.2) is 41.2 Å². The van der Waals surface area contributed by atoms with Crippen LogP contribution in [-0.2, 0) is 9.53 Å². The number of carbonyl (C=O) groups is 2. The zero-order valence-corrected chi connectivity index (χ0v) is 18.1. The molecule has 2 aliphatic rings. The monoisotopic (exact) mass is 458 g/mol. The maximum atomic E-state index is 14.8. The van der Waals surface area contributed by atoms with Crippen LogP contribution in [0.5, 0.6) is 0 Å². The predicted octanol–water partition coefficient (Wildman–Crippen LogP) is 3.13. The Morgan fingerprint density at radius 2 is 1.76 bits per heavy atom. The molecule has 2 heterocycles. The van der Waals surface area contributed by atoms with Crippen molar-refractivity contribution in [2.45, 2.75) is 25.9 Å². The van der Waals surface area contributed by atoms with Crippen molar-refractivity contribution < 1.29 is 23.1 Å². The van der Waals surface area contributed by atoms with Crippen LogP contribution in [0, 0.1) is 11.6 Å². The highest BCUT2D eigenvalue weighted by molar-refractivity contribution is 5.90. The zero-order chi connectivity index (χ0) is 23.5. The second-order valence-corrected chi connectivity index (χ2v) is 8.03. The van der Waals surface area contributed by atoms with Crippen LogP contribution < -0.4 is 25.9 Å². The molecule has 0 bridgehead atoms. The third-order valence-corrected chi connectivity index (χ3v) is 5.59. The van der Waals surface area contributed by atoms with Crippen molar-refractivity contribution in [2.75, 3.05) is 41.3 Å². The van der Waals surface area contributed by atoms with Gasteiger partial charge in [0, 0.05) is 37.8 Å². The van der Waals surface area contributed by atoms with E-state index in [1.54, 1.807) is 12.1 Å². The van der Waals surface area contributed by atoms with Gasteiger partial charge in [-0.3, -0.25) is 14.5 Å². The third kappa shape index (κ3) is 5.05. The number of anilines is 4. The normalized spacial score (nSPS) is 17.8. The van der Waals surface area contributed by atoms with Gasteiger partial charge in [0.1, 0.15) is 11.8 Å². The number of amides is 2. The van der Waals surface area contributed by atoms with E-state index in [0.717, 1.165) is 43.0 Å². The molecule has 0 radical (unpaired) electrons. The lowest BCUT2D eigenvalue weighted by Gasteiger charge is -2.16. The topological polar surface area (TPSA) is 91.0 Å². The molecule has 2 N–H and O–H groups in total. The first kappa shape index (κ1) is 22.5. The van der Waals surface area contributed by atoms with E-state index in [0.29, 0.717) is 11.4 Å². The lowest BCUT2D eigenvalue weighted by molar-refractivity contribution is -0.119. The molecule has 2 saturated heterocycles. The van der Waals surface area contributed by atoms with Gasteiger partial charge in [-0.1, -0.05) is 0 Å². The maximum Gasteiger partial charge on any atom is 0.414 e. The highest BCUT2D eigenvalue weighted by atomic mass is 19.1. The highest BCUT2D eigenvalue weighted by Gasteiger charge is 2.33. The fourth-order valence-electron chi connectivity index (χ4n) is 3.94. The molecule has 8 nitrogen and oxygen atoms in total. The van der Waals surface area contributed by atoms with Crippen molar-refractivity contribution in [3.63, 3.8) is 0 Å². The molecule has 1 atom stereocenters. The zero-order valence-electron chi connectivity index (χ0n) is 18.1. The molecule has 0 spiro atoms. The van der Waals surface area contributed by atoms with Gasteiger partial charge in [-0.15, -0.1) is 0 Å². The van der Waals surface area contributed by atoms with E-state index < -0.39 is 29.5 Å². The van der Waals surface area contributed by atoms with E-state index in [1.165, 1.54) is 19.1 Å². The van der Waals surface area contributed by atoms with Crippen LogP contribution in [0.4, 0.5) is 36.3 Å². The molecule has 0 unspecified atom stereocenters. The number of hydrogen-bond donors (Lipinski definition) is 2. The lowest BCUT2D eigenvalue weighted by atomic mass is 10.2. The summed E-state index contributed by atoms with van der Waals surface area (Å²) in [5.41, 5.74) is 0.338. The lowest BCUT2D eigenvalue weighted by Crippen LogP contribution is -2.33. The summed E-state index contributed by atoms with van der Waals surface area (Å²) in [5.74, 6) is -2.09. The molecule has 10 heteroatoms. The molecule has 0 saturated carbocycles. The molecule has 0 aliphatic carbocycles. The largest absolute Gasteiger partial charge is 0.442 e. The van der Waals surface area contributed by atoms with Crippen LogP contribution in [0.2, 0.25) is 0 Å². The number of rotatable bonds is 6. The summed E-state index contributed by atoms with van der Waals surface area (Å²) in [4.78, 5) is 38.7. The standard InChI is InChI=1S/C23H24F2N4O4/c1-14(30)26-12-17-13-29(23(32)33-17)16-10-18(24)22(19(25)11-16)27-15-4-6-20(21(31)7-5-15)28-8-2-3-9-28/h4-7,10-11,17,27H,2-3,8-9,12-13H2,1H3,(H,26,30)/t17-/m0/s1. The Labute approximate surface area is 189 Å². The molecule has 4 rings (SSSR count). The predicted molar refractivity (Wildman–Crippen MR) is 120 cm³/mol. The van der Waals surface area contributed by atoms with E-state index >= 15 is 0 Å². The second kappa shape index (κ2) is 9.43. The van der Waals surface area contributed by atoms with E-state index in [9.17, 15) is 23.2 Å². The molecule has 0 aromatic heterocycles. The minimum absolute atomic E-state index is 0.00246. The summed E-state index contributed by atoms with van der Waals surface area (Å²) in [6.45, 7) is 3.09. The molecule has 2 fully saturated rings. The Kier molecular flexibility index (Phi) is 6.43. The van der Waals surface area contributed by atoms with Crippen LogP contribution >= 0.6 is 0 Å². The fraction of sp³-hybridized carbons (Fsp3) is 0.348. The van der Waals surface area contributed by atoms with E-state index in [2.05, 4.69) is 10.6 Å². The van der Waals surface area contributed by atoms with Crippen molar-refractivity contribution in [3.8, 4) is 0 Å². The quantitative estimate of drug-likeness (QED) is 0.691. The van der Waals surface area contributed by atoms with E-state index in [4.69, 9.17) is 4.74 Å². The van der Waals surface area contributed by atoms with Gasteiger partial charge in [0.05, 0.1) is 24.5 Å². The average Bonchev–Trinajstić information content (AvgIpc) is 3.38. The maximum absolute atomic E-state index is 14.8. The second-order valence-electron chi connectivity index (χ2n) is 8.03. The minimum atomic E-state index is -0.906. The number of cyclic esters (lactones) is 1. The van der Waals surface area contributed by atoms with Gasteiger partial charge < -0.3 is 20.3 Å². The van der Waals surface area contributed by atoms with Gasteiger partial charge in [-0.25, -0.2) is 13.6 Å². The number of hydrogen-bond acceptors (Lipinski definition) is 6. The average molecular weight is 458 g/mol. The molecule has 174 valence electrons. The number of nitrogens with one attached hydrogen (secondary N) is 2. The van der Waals surface area contributed by atoms with Gasteiger partial charge in [0.15, 0.2) is 11.6 Å². The molecular weight excluding hydrogens is 434 g/mol. The molecular formula is C23H24F2N4O4. The number of carbonyl (C=O) groups excluding carboxylic acids is 2. The van der Waals surface area contributed by atoms with Gasteiger partial charge in [-0.2, -0.15) is 0 Å². The van der Waals surface area contributed by atoms with Crippen LogP contribution in [0.3, 0.4) is 0 Å². The molecule has 2 amide bonds. The van der Waals surface area contributed by atoms with Crippen molar-refractivity contribution in [3.05, 3.63) is 58.3 Å². The molecule has 33 heavy (non-hydrogen) atoms. The fourth-order valence-corrected chi connectivity index (χ4v) is 3.94. The minimum Gasteiger partial charge on any atom is -0.442 e. The Morgan fingerprint density at radius 3 is 2.42 bits per heavy atom. The Hall–Kier alpha value is -3.69.